The molecule has 1 aliphatic rings. The molecular formula is C11H9ClN4O2S2. The number of pyridine rings is 1. The van der Waals surface area contributed by atoms with Crippen LogP contribution in [0.25, 0.3) is 0 Å². The Morgan fingerprint density at radius 3 is 2.95 bits per heavy atom. The van der Waals surface area contributed by atoms with E-state index in [4.69, 9.17) is 23.8 Å². The number of halogens is 1. The van der Waals surface area contributed by atoms with Gasteiger partial charge in [-0.1, -0.05) is 23.8 Å². The van der Waals surface area contributed by atoms with Gasteiger partial charge in [0.2, 0.25) is 0 Å². The average molecular weight is 329 g/mol. The summed E-state index contributed by atoms with van der Waals surface area (Å²) >= 11 is 12.4. The number of anilines is 1. The maximum atomic E-state index is 11.2. The number of thiazole rings is 1. The van der Waals surface area contributed by atoms with Crippen LogP contribution in [0.3, 0.4) is 0 Å². The van der Waals surface area contributed by atoms with Crippen molar-refractivity contribution in [3.8, 4) is 0 Å². The number of hydrogen-bond acceptors (Lipinski definition) is 6. The van der Waals surface area contributed by atoms with Crippen LogP contribution in [-0.2, 0) is 13.1 Å². The first-order valence-corrected chi connectivity index (χ1v) is 7.40. The van der Waals surface area contributed by atoms with Gasteiger partial charge in [0.25, 0.3) is 0 Å². The molecule has 3 rings (SSSR count). The molecule has 9 heteroatoms. The second kappa shape index (κ2) is 5.12. The molecule has 6 nitrogen and oxygen atoms in total. The van der Waals surface area contributed by atoms with Crippen molar-refractivity contribution in [2.45, 2.75) is 13.1 Å². The Balaban J connectivity index is 2.02. The Hall–Kier alpha value is -1.51. The Labute approximate surface area is 128 Å². The van der Waals surface area contributed by atoms with E-state index >= 15 is 0 Å². The molecule has 0 saturated carbocycles. The molecule has 0 bridgehead atoms. The van der Waals surface area contributed by atoms with Crippen molar-refractivity contribution in [1.82, 2.24) is 9.55 Å². The lowest BCUT2D eigenvalue weighted by atomic mass is 10.3. The Bertz CT molecular complexity index is 742. The SMILES string of the molecule is O=[N+]([O-])c1ccc(=S)n2c1N(Cc1cnc(Cl)s1)CC2. The summed E-state index contributed by atoms with van der Waals surface area (Å²) in [6.45, 7) is 1.89. The molecule has 0 aromatic carbocycles. The summed E-state index contributed by atoms with van der Waals surface area (Å²) in [5.74, 6) is 0.562. The topological polar surface area (TPSA) is 64.2 Å². The van der Waals surface area contributed by atoms with E-state index in [0.717, 1.165) is 4.88 Å². The highest BCUT2D eigenvalue weighted by atomic mass is 35.5. The van der Waals surface area contributed by atoms with Gasteiger partial charge in [0, 0.05) is 30.2 Å². The summed E-state index contributed by atoms with van der Waals surface area (Å²) < 4.78 is 2.88. The van der Waals surface area contributed by atoms with Crippen molar-refractivity contribution >= 4 is 46.7 Å². The quantitative estimate of drug-likeness (QED) is 0.491. The molecule has 104 valence electrons. The first-order valence-electron chi connectivity index (χ1n) is 5.79. The normalized spacial score (nSPS) is 13.6. The fourth-order valence-corrected chi connectivity index (χ4v) is 3.51. The summed E-state index contributed by atoms with van der Waals surface area (Å²) in [5.41, 5.74) is 0.0757. The largest absolute Gasteiger partial charge is 0.345 e. The highest BCUT2D eigenvalue weighted by molar-refractivity contribution is 7.71. The molecule has 0 atom stereocenters. The van der Waals surface area contributed by atoms with Crippen LogP contribution < -0.4 is 4.90 Å². The lowest BCUT2D eigenvalue weighted by Crippen LogP contribution is -2.20. The molecule has 0 radical (unpaired) electrons. The van der Waals surface area contributed by atoms with Gasteiger partial charge in [0.05, 0.1) is 11.5 Å². The van der Waals surface area contributed by atoms with Gasteiger partial charge in [0.1, 0.15) is 4.64 Å². The second-order valence-corrected chi connectivity index (χ2v) is 6.41. The Morgan fingerprint density at radius 1 is 1.50 bits per heavy atom. The second-order valence-electron chi connectivity index (χ2n) is 4.29. The summed E-state index contributed by atoms with van der Waals surface area (Å²) in [4.78, 5) is 17.7. The van der Waals surface area contributed by atoms with E-state index in [9.17, 15) is 10.1 Å². The third kappa shape index (κ3) is 2.30. The minimum absolute atomic E-state index is 0.0757. The number of nitrogens with zero attached hydrogens (tertiary/aromatic N) is 4. The van der Waals surface area contributed by atoms with Crippen molar-refractivity contribution in [3.63, 3.8) is 0 Å². The van der Waals surface area contributed by atoms with Gasteiger partial charge in [-0.3, -0.25) is 10.1 Å². The van der Waals surface area contributed by atoms with Gasteiger partial charge >= 0.3 is 5.69 Å². The van der Waals surface area contributed by atoms with Crippen LogP contribution in [0.15, 0.2) is 18.3 Å². The van der Waals surface area contributed by atoms with Crippen molar-refractivity contribution < 1.29 is 4.92 Å². The molecule has 3 heterocycles. The lowest BCUT2D eigenvalue weighted by molar-refractivity contribution is -0.384. The Morgan fingerprint density at radius 2 is 2.30 bits per heavy atom. The zero-order valence-corrected chi connectivity index (χ0v) is 12.5. The van der Waals surface area contributed by atoms with Gasteiger partial charge in [0.15, 0.2) is 10.3 Å². The number of nitro groups is 1. The number of rotatable bonds is 3. The highest BCUT2D eigenvalue weighted by Crippen LogP contribution is 2.34. The molecular weight excluding hydrogens is 320 g/mol. The average Bonchev–Trinajstić information content (AvgIpc) is 2.98. The monoisotopic (exact) mass is 328 g/mol. The summed E-state index contributed by atoms with van der Waals surface area (Å²) in [5, 5.41) is 11.2. The van der Waals surface area contributed by atoms with Crippen LogP contribution >= 0.6 is 35.2 Å². The van der Waals surface area contributed by atoms with E-state index in [-0.39, 0.29) is 10.6 Å². The minimum Gasteiger partial charge on any atom is -0.345 e. The van der Waals surface area contributed by atoms with E-state index in [0.29, 0.717) is 34.6 Å². The Kier molecular flexibility index (Phi) is 3.45. The molecule has 2 aromatic heterocycles. The first-order chi connectivity index (χ1) is 9.56. The number of hydrogen-bond donors (Lipinski definition) is 0. The molecule has 0 aliphatic carbocycles. The van der Waals surface area contributed by atoms with Gasteiger partial charge in [-0.15, -0.1) is 11.3 Å². The number of fused-ring (bicyclic) bond motifs is 1. The van der Waals surface area contributed by atoms with E-state index in [2.05, 4.69) is 4.98 Å². The zero-order chi connectivity index (χ0) is 14.3. The van der Waals surface area contributed by atoms with E-state index in [1.165, 1.54) is 17.4 Å². The molecule has 0 amide bonds. The van der Waals surface area contributed by atoms with Gasteiger partial charge < -0.3 is 9.47 Å². The fraction of sp³-hybridized carbons (Fsp3) is 0.273. The fourth-order valence-electron chi connectivity index (χ4n) is 2.27. The van der Waals surface area contributed by atoms with Crippen LogP contribution in [0.4, 0.5) is 11.5 Å². The molecule has 0 unspecified atom stereocenters. The van der Waals surface area contributed by atoms with E-state index in [1.807, 2.05) is 4.90 Å². The van der Waals surface area contributed by atoms with Crippen LogP contribution in [0.5, 0.6) is 0 Å². The molecule has 1 aliphatic heterocycles. The molecule has 0 N–H and O–H groups in total. The maximum absolute atomic E-state index is 11.2. The smallest absolute Gasteiger partial charge is 0.309 e. The van der Waals surface area contributed by atoms with Gasteiger partial charge in [-0.25, -0.2) is 4.98 Å². The molecule has 2 aromatic rings. The predicted octanol–water partition coefficient (Wildman–Crippen LogP) is 3.26. The van der Waals surface area contributed by atoms with Crippen molar-refractivity contribution in [2.75, 3.05) is 11.4 Å². The van der Waals surface area contributed by atoms with Crippen molar-refractivity contribution in [1.29, 1.82) is 0 Å². The van der Waals surface area contributed by atoms with Gasteiger partial charge in [-0.05, 0) is 6.07 Å². The van der Waals surface area contributed by atoms with E-state index in [1.54, 1.807) is 16.8 Å². The predicted molar refractivity (Wildman–Crippen MR) is 80.1 cm³/mol. The molecule has 20 heavy (non-hydrogen) atoms. The number of aromatic nitrogens is 2. The van der Waals surface area contributed by atoms with Gasteiger partial charge in [-0.2, -0.15) is 0 Å². The van der Waals surface area contributed by atoms with Crippen LogP contribution in [0, 0.1) is 14.8 Å². The third-order valence-electron chi connectivity index (χ3n) is 3.10. The molecule has 0 fully saturated rings. The standard InChI is InChI=1S/C11H9ClN4O2S2/c12-11-13-5-7(20-11)6-14-3-4-15-9(19)2-1-8(10(14)15)16(17)18/h1-2,5H,3-4,6H2. The lowest BCUT2D eigenvalue weighted by Gasteiger charge is -2.16. The van der Waals surface area contributed by atoms with Crippen molar-refractivity contribution in [2.24, 2.45) is 0 Å². The first kappa shape index (κ1) is 13.5. The molecule has 0 spiro atoms. The zero-order valence-electron chi connectivity index (χ0n) is 10.2. The van der Waals surface area contributed by atoms with E-state index < -0.39 is 0 Å². The maximum Gasteiger partial charge on any atom is 0.309 e. The minimum atomic E-state index is -0.376. The highest BCUT2D eigenvalue weighted by Gasteiger charge is 2.28. The summed E-state index contributed by atoms with van der Waals surface area (Å²) in [6.07, 6.45) is 1.69. The van der Waals surface area contributed by atoms with Crippen molar-refractivity contribution in [3.05, 3.63) is 42.4 Å². The summed E-state index contributed by atoms with van der Waals surface area (Å²) in [7, 11) is 0. The molecule has 0 saturated heterocycles. The summed E-state index contributed by atoms with van der Waals surface area (Å²) in [6, 6.07) is 3.07. The van der Waals surface area contributed by atoms with Crippen LogP contribution in [-0.4, -0.2) is 21.0 Å². The van der Waals surface area contributed by atoms with Crippen LogP contribution in [0.1, 0.15) is 4.88 Å². The third-order valence-corrected chi connectivity index (χ3v) is 4.55. The van der Waals surface area contributed by atoms with Crippen LogP contribution in [0.2, 0.25) is 4.47 Å².